The van der Waals surface area contributed by atoms with Crippen molar-refractivity contribution in [2.24, 2.45) is 0 Å². The lowest BCUT2D eigenvalue weighted by atomic mass is 10.1. The Hall–Kier alpha value is -3.75. The van der Waals surface area contributed by atoms with Gasteiger partial charge in [-0.3, -0.25) is 4.79 Å². The molecule has 1 atom stereocenters. The average Bonchev–Trinajstić information content (AvgIpc) is 3.42. The van der Waals surface area contributed by atoms with E-state index in [0.29, 0.717) is 18.7 Å². The Bertz CT molecular complexity index is 1020. The van der Waals surface area contributed by atoms with Crippen LogP contribution in [0.3, 0.4) is 0 Å². The number of hydrogen-bond acceptors (Lipinski definition) is 5. The Balaban J connectivity index is 1.50. The number of rotatable bonds is 6. The highest BCUT2D eigenvalue weighted by atomic mass is 16.2. The van der Waals surface area contributed by atoms with E-state index in [2.05, 4.69) is 26.2 Å². The normalized spacial score (nSPS) is 14.6. The maximum atomic E-state index is 12.8. The minimum atomic E-state index is -0.340. The van der Waals surface area contributed by atoms with E-state index in [4.69, 9.17) is 0 Å². The number of hydrogen-bond donors (Lipinski definition) is 2. The number of nitrogens with zero attached hydrogens (tertiary/aromatic N) is 5. The predicted molar refractivity (Wildman–Crippen MR) is 111 cm³/mol. The van der Waals surface area contributed by atoms with E-state index in [1.165, 1.54) is 11.0 Å². The van der Waals surface area contributed by atoms with Crippen molar-refractivity contribution in [1.82, 2.24) is 30.4 Å². The van der Waals surface area contributed by atoms with E-state index in [9.17, 15) is 9.59 Å². The van der Waals surface area contributed by atoms with Gasteiger partial charge in [-0.2, -0.15) is 0 Å². The SMILES string of the molecule is Cc1ccc(-n2cnnn2)cc1NC(=O)N[C@H](CN1CCCC1=O)c1ccccc1. The molecule has 1 aliphatic heterocycles. The molecule has 0 saturated carbocycles. The minimum absolute atomic E-state index is 0.128. The van der Waals surface area contributed by atoms with Gasteiger partial charge < -0.3 is 15.5 Å². The molecule has 1 aromatic heterocycles. The second-order valence-electron chi connectivity index (χ2n) is 7.26. The first kappa shape index (κ1) is 19.6. The zero-order valence-corrected chi connectivity index (χ0v) is 16.7. The van der Waals surface area contributed by atoms with Crippen LogP contribution in [0.25, 0.3) is 5.69 Å². The van der Waals surface area contributed by atoms with E-state index in [1.807, 2.05) is 60.4 Å². The molecule has 1 aliphatic rings. The number of aryl methyl sites for hydroxylation is 1. The lowest BCUT2D eigenvalue weighted by Gasteiger charge is -2.25. The summed E-state index contributed by atoms with van der Waals surface area (Å²) in [6, 6.07) is 14.6. The number of carbonyl (C=O) groups excluding carboxylic acids is 2. The van der Waals surface area contributed by atoms with Crippen molar-refractivity contribution in [2.75, 3.05) is 18.4 Å². The zero-order valence-electron chi connectivity index (χ0n) is 16.7. The van der Waals surface area contributed by atoms with Crippen LogP contribution in [0, 0.1) is 6.92 Å². The van der Waals surface area contributed by atoms with Crippen molar-refractivity contribution in [3.63, 3.8) is 0 Å². The molecule has 0 aliphatic carbocycles. The Labute approximate surface area is 174 Å². The Morgan fingerprint density at radius 2 is 2.03 bits per heavy atom. The first-order valence-corrected chi connectivity index (χ1v) is 9.84. The summed E-state index contributed by atoms with van der Waals surface area (Å²) in [5.74, 6) is 0.128. The number of nitrogens with one attached hydrogen (secondary N) is 2. The van der Waals surface area contributed by atoms with Crippen LogP contribution in [-0.4, -0.2) is 50.1 Å². The van der Waals surface area contributed by atoms with Crippen molar-refractivity contribution in [1.29, 1.82) is 0 Å². The van der Waals surface area contributed by atoms with Gasteiger partial charge in [0.2, 0.25) is 5.91 Å². The van der Waals surface area contributed by atoms with Crippen molar-refractivity contribution in [3.05, 3.63) is 66.0 Å². The summed E-state index contributed by atoms with van der Waals surface area (Å²) >= 11 is 0. The molecule has 1 saturated heterocycles. The second-order valence-corrected chi connectivity index (χ2v) is 7.26. The molecule has 1 fully saturated rings. The first-order valence-electron chi connectivity index (χ1n) is 9.84. The molecule has 2 heterocycles. The van der Waals surface area contributed by atoms with E-state index in [1.54, 1.807) is 0 Å². The minimum Gasteiger partial charge on any atom is -0.340 e. The molecule has 9 nitrogen and oxygen atoms in total. The molecular formula is C21H23N7O2. The molecule has 2 N–H and O–H groups in total. The quantitative estimate of drug-likeness (QED) is 0.655. The van der Waals surface area contributed by atoms with Crippen LogP contribution >= 0.6 is 0 Å². The highest BCUT2D eigenvalue weighted by Crippen LogP contribution is 2.21. The summed E-state index contributed by atoms with van der Waals surface area (Å²) in [6.07, 6.45) is 2.92. The third-order valence-corrected chi connectivity index (χ3v) is 5.16. The lowest BCUT2D eigenvalue weighted by Crippen LogP contribution is -2.40. The fraction of sp³-hybridized carbons (Fsp3) is 0.286. The maximum absolute atomic E-state index is 12.8. The van der Waals surface area contributed by atoms with Gasteiger partial charge in [0.25, 0.3) is 0 Å². The van der Waals surface area contributed by atoms with Gasteiger partial charge in [-0.15, -0.1) is 5.10 Å². The number of carbonyl (C=O) groups is 2. The van der Waals surface area contributed by atoms with Gasteiger partial charge in [-0.05, 0) is 47.0 Å². The summed E-state index contributed by atoms with van der Waals surface area (Å²) in [4.78, 5) is 26.7. The summed E-state index contributed by atoms with van der Waals surface area (Å²) in [5, 5.41) is 17.1. The van der Waals surface area contributed by atoms with Crippen LogP contribution in [0.1, 0.15) is 30.0 Å². The van der Waals surface area contributed by atoms with Crippen LogP contribution < -0.4 is 10.6 Å². The third-order valence-electron chi connectivity index (χ3n) is 5.16. The van der Waals surface area contributed by atoms with Crippen LogP contribution in [0.5, 0.6) is 0 Å². The number of tetrazole rings is 1. The summed E-state index contributed by atoms with van der Waals surface area (Å²) in [5.41, 5.74) is 3.26. The molecule has 30 heavy (non-hydrogen) atoms. The summed E-state index contributed by atoms with van der Waals surface area (Å²) in [7, 11) is 0. The summed E-state index contributed by atoms with van der Waals surface area (Å²) in [6.45, 7) is 3.08. The highest BCUT2D eigenvalue weighted by Gasteiger charge is 2.25. The lowest BCUT2D eigenvalue weighted by molar-refractivity contribution is -0.128. The fourth-order valence-corrected chi connectivity index (χ4v) is 3.52. The standard InChI is InChI=1S/C21H23N7O2/c1-15-9-10-17(28-14-22-25-26-28)12-18(15)23-21(30)24-19(16-6-3-2-4-7-16)13-27-11-5-8-20(27)29/h2-4,6-7,9-10,12,14,19H,5,8,11,13H2,1H3,(H2,23,24,30)/t19-/m1/s1. The van der Waals surface area contributed by atoms with E-state index < -0.39 is 0 Å². The van der Waals surface area contributed by atoms with Crippen LogP contribution in [-0.2, 0) is 4.79 Å². The molecule has 0 spiro atoms. The van der Waals surface area contributed by atoms with Crippen LogP contribution in [0.15, 0.2) is 54.9 Å². The van der Waals surface area contributed by atoms with Gasteiger partial charge in [0.1, 0.15) is 6.33 Å². The number of benzene rings is 2. The van der Waals surface area contributed by atoms with E-state index in [0.717, 1.165) is 29.8 Å². The number of aromatic nitrogens is 4. The van der Waals surface area contributed by atoms with Crippen molar-refractivity contribution < 1.29 is 9.59 Å². The van der Waals surface area contributed by atoms with Gasteiger partial charge >= 0.3 is 6.03 Å². The fourth-order valence-electron chi connectivity index (χ4n) is 3.52. The second kappa shape index (κ2) is 8.73. The van der Waals surface area contributed by atoms with Gasteiger partial charge in [-0.25, -0.2) is 9.48 Å². The monoisotopic (exact) mass is 405 g/mol. The maximum Gasteiger partial charge on any atom is 0.319 e. The molecule has 0 unspecified atom stereocenters. The molecule has 2 aromatic carbocycles. The number of urea groups is 1. The Morgan fingerprint density at radius 3 is 2.73 bits per heavy atom. The Morgan fingerprint density at radius 1 is 1.20 bits per heavy atom. The number of amides is 3. The molecule has 0 radical (unpaired) electrons. The molecular weight excluding hydrogens is 382 g/mol. The van der Waals surface area contributed by atoms with Gasteiger partial charge in [0.05, 0.1) is 11.7 Å². The topological polar surface area (TPSA) is 105 Å². The zero-order chi connectivity index (χ0) is 20.9. The predicted octanol–water partition coefficient (Wildman–Crippen LogP) is 2.46. The largest absolute Gasteiger partial charge is 0.340 e. The molecule has 4 rings (SSSR count). The van der Waals surface area contributed by atoms with Gasteiger partial charge in [0.15, 0.2) is 0 Å². The molecule has 9 heteroatoms. The first-order chi connectivity index (χ1) is 14.6. The highest BCUT2D eigenvalue weighted by molar-refractivity contribution is 5.90. The van der Waals surface area contributed by atoms with Crippen LogP contribution in [0.4, 0.5) is 10.5 Å². The number of likely N-dealkylation sites (tertiary alicyclic amines) is 1. The van der Waals surface area contributed by atoms with Crippen molar-refractivity contribution >= 4 is 17.6 Å². The summed E-state index contributed by atoms with van der Waals surface area (Å²) < 4.78 is 1.52. The molecule has 154 valence electrons. The van der Waals surface area contributed by atoms with E-state index in [-0.39, 0.29) is 18.0 Å². The smallest absolute Gasteiger partial charge is 0.319 e. The number of anilines is 1. The average molecular weight is 405 g/mol. The molecule has 3 aromatic rings. The van der Waals surface area contributed by atoms with Crippen molar-refractivity contribution in [2.45, 2.75) is 25.8 Å². The molecule has 0 bridgehead atoms. The van der Waals surface area contributed by atoms with Gasteiger partial charge in [-0.1, -0.05) is 36.4 Å². The van der Waals surface area contributed by atoms with Crippen molar-refractivity contribution in [3.8, 4) is 5.69 Å². The third kappa shape index (κ3) is 4.45. The van der Waals surface area contributed by atoms with E-state index >= 15 is 0 Å². The van der Waals surface area contributed by atoms with Gasteiger partial charge in [0, 0.05) is 25.2 Å². The Kier molecular flexibility index (Phi) is 5.69. The molecule has 3 amide bonds. The van der Waals surface area contributed by atoms with Crippen LogP contribution in [0.2, 0.25) is 0 Å².